The van der Waals surface area contributed by atoms with E-state index in [-0.39, 0.29) is 5.56 Å². The number of alkyl halides is 2. The Hall–Kier alpha value is -1.65. The predicted octanol–water partition coefficient (Wildman–Crippen LogP) is 2.88. The summed E-state index contributed by atoms with van der Waals surface area (Å²) in [6, 6.07) is 1.76. The number of carbonyl (C=O) groups is 1. The first-order valence-electron chi connectivity index (χ1n) is 5.45. The van der Waals surface area contributed by atoms with E-state index in [0.29, 0.717) is 11.3 Å². The number of methoxy groups -OCH3 is 1. The number of aryl methyl sites for hydroxylation is 2. The van der Waals surface area contributed by atoms with Crippen molar-refractivity contribution in [1.82, 2.24) is 0 Å². The predicted molar refractivity (Wildman–Crippen MR) is 63.5 cm³/mol. The molecule has 0 aromatic heterocycles. The molecule has 1 aromatic rings. The van der Waals surface area contributed by atoms with Crippen molar-refractivity contribution >= 4 is 5.97 Å². The molecule has 0 saturated heterocycles. The van der Waals surface area contributed by atoms with Gasteiger partial charge in [-0.2, -0.15) is 8.78 Å². The van der Waals surface area contributed by atoms with Gasteiger partial charge >= 0.3 is 11.9 Å². The lowest BCUT2D eigenvalue weighted by molar-refractivity contribution is -0.164. The first kappa shape index (κ1) is 14.4. The molecule has 0 radical (unpaired) electrons. The summed E-state index contributed by atoms with van der Waals surface area (Å²) in [6.07, 6.45) is -0.863. The quantitative estimate of drug-likeness (QED) is 0.903. The van der Waals surface area contributed by atoms with Gasteiger partial charge in [-0.25, -0.2) is 4.79 Å². The van der Waals surface area contributed by atoms with Crippen molar-refractivity contribution in [3.05, 3.63) is 28.3 Å². The summed E-state index contributed by atoms with van der Waals surface area (Å²) >= 11 is 0. The van der Waals surface area contributed by atoms with Gasteiger partial charge in [0.25, 0.3) is 0 Å². The van der Waals surface area contributed by atoms with Crippen LogP contribution in [0.1, 0.15) is 22.3 Å². The summed E-state index contributed by atoms with van der Waals surface area (Å²) in [5.74, 6) is -5.57. The fourth-order valence-electron chi connectivity index (χ4n) is 1.90. The summed E-state index contributed by atoms with van der Waals surface area (Å²) in [4.78, 5) is 10.5. The van der Waals surface area contributed by atoms with Gasteiger partial charge in [0.05, 0.1) is 13.5 Å². The Bertz CT molecular complexity index is 482. The SMILES string of the molecule is COc1c(C)c(C)cc(C)c1CC(F)(F)C(=O)O. The maximum atomic E-state index is 13.3. The molecule has 1 aromatic carbocycles. The van der Waals surface area contributed by atoms with Crippen molar-refractivity contribution < 1.29 is 23.4 Å². The highest BCUT2D eigenvalue weighted by Crippen LogP contribution is 2.33. The van der Waals surface area contributed by atoms with Gasteiger partial charge in [0, 0.05) is 5.56 Å². The van der Waals surface area contributed by atoms with E-state index in [9.17, 15) is 13.6 Å². The van der Waals surface area contributed by atoms with E-state index in [2.05, 4.69) is 0 Å². The van der Waals surface area contributed by atoms with Gasteiger partial charge in [0.15, 0.2) is 0 Å². The zero-order chi connectivity index (χ0) is 14.1. The van der Waals surface area contributed by atoms with Crippen LogP contribution in [0.4, 0.5) is 8.78 Å². The molecular formula is C13H16F2O3. The van der Waals surface area contributed by atoms with Gasteiger partial charge in [-0.1, -0.05) is 6.07 Å². The lowest BCUT2D eigenvalue weighted by Gasteiger charge is -2.19. The molecule has 0 heterocycles. The molecule has 100 valence electrons. The fourth-order valence-corrected chi connectivity index (χ4v) is 1.90. The van der Waals surface area contributed by atoms with Crippen LogP contribution in [0.15, 0.2) is 6.07 Å². The first-order chi connectivity index (χ1) is 8.20. The van der Waals surface area contributed by atoms with Crippen molar-refractivity contribution in [1.29, 1.82) is 0 Å². The molecule has 0 bridgehead atoms. The van der Waals surface area contributed by atoms with Gasteiger partial charge in [0.1, 0.15) is 5.75 Å². The Labute approximate surface area is 104 Å². The number of hydrogen-bond acceptors (Lipinski definition) is 2. The third-order valence-electron chi connectivity index (χ3n) is 3.03. The number of ether oxygens (including phenoxy) is 1. The second-order valence-corrected chi connectivity index (χ2v) is 4.33. The molecule has 0 saturated carbocycles. The van der Waals surface area contributed by atoms with Crippen molar-refractivity contribution in [2.45, 2.75) is 33.1 Å². The summed E-state index contributed by atoms with van der Waals surface area (Å²) < 4.78 is 31.7. The summed E-state index contributed by atoms with van der Waals surface area (Å²) in [5.41, 5.74) is 2.52. The average molecular weight is 258 g/mol. The summed E-state index contributed by atoms with van der Waals surface area (Å²) in [6.45, 7) is 5.28. The molecule has 0 fully saturated rings. The minimum absolute atomic E-state index is 0.244. The maximum absolute atomic E-state index is 13.3. The van der Waals surface area contributed by atoms with Crippen LogP contribution >= 0.6 is 0 Å². The van der Waals surface area contributed by atoms with E-state index in [1.807, 2.05) is 6.92 Å². The van der Waals surface area contributed by atoms with Crippen LogP contribution in [0, 0.1) is 20.8 Å². The Kier molecular flexibility index (Phi) is 3.94. The number of carboxylic acid groups (broad SMARTS) is 1. The molecule has 0 aliphatic heterocycles. The number of aliphatic carboxylic acids is 1. The molecule has 0 spiro atoms. The molecular weight excluding hydrogens is 242 g/mol. The lowest BCUT2D eigenvalue weighted by atomic mass is 9.95. The molecule has 0 amide bonds. The van der Waals surface area contributed by atoms with Crippen LogP contribution < -0.4 is 4.74 Å². The van der Waals surface area contributed by atoms with Gasteiger partial charge in [-0.3, -0.25) is 0 Å². The standard InChI is InChI=1S/C13H16F2O3/c1-7-5-8(2)10(11(18-4)9(7)3)6-13(14,15)12(16)17/h5H,6H2,1-4H3,(H,16,17). The summed E-state index contributed by atoms with van der Waals surface area (Å²) in [7, 11) is 1.39. The van der Waals surface area contributed by atoms with E-state index in [1.54, 1.807) is 19.9 Å². The molecule has 0 aliphatic carbocycles. The topological polar surface area (TPSA) is 46.5 Å². The van der Waals surface area contributed by atoms with Crippen LogP contribution in [0.5, 0.6) is 5.75 Å². The minimum Gasteiger partial charge on any atom is -0.496 e. The molecule has 18 heavy (non-hydrogen) atoms. The Morgan fingerprint density at radius 1 is 1.33 bits per heavy atom. The molecule has 3 nitrogen and oxygen atoms in total. The molecule has 0 aliphatic rings. The smallest absolute Gasteiger partial charge is 0.374 e. The third-order valence-corrected chi connectivity index (χ3v) is 3.03. The number of hydrogen-bond donors (Lipinski definition) is 1. The molecule has 5 heteroatoms. The molecule has 0 atom stereocenters. The van der Waals surface area contributed by atoms with Crippen LogP contribution in [-0.4, -0.2) is 24.1 Å². The highest BCUT2D eigenvalue weighted by atomic mass is 19.3. The lowest BCUT2D eigenvalue weighted by Crippen LogP contribution is -2.31. The van der Waals surface area contributed by atoms with Crippen LogP contribution in [0.3, 0.4) is 0 Å². The number of carboxylic acids is 1. The molecule has 0 unspecified atom stereocenters. The number of benzene rings is 1. The Balaban J connectivity index is 3.33. The van der Waals surface area contributed by atoms with E-state index < -0.39 is 18.3 Å². The van der Waals surface area contributed by atoms with E-state index in [1.165, 1.54) is 7.11 Å². The van der Waals surface area contributed by atoms with Crippen LogP contribution in [-0.2, 0) is 11.2 Å². The Morgan fingerprint density at radius 2 is 1.89 bits per heavy atom. The number of rotatable bonds is 4. The highest BCUT2D eigenvalue weighted by molar-refractivity contribution is 5.76. The fraction of sp³-hybridized carbons (Fsp3) is 0.462. The summed E-state index contributed by atoms with van der Waals surface area (Å²) in [5, 5.41) is 8.49. The normalized spacial score (nSPS) is 11.4. The molecule has 1 N–H and O–H groups in total. The highest BCUT2D eigenvalue weighted by Gasteiger charge is 2.40. The van der Waals surface area contributed by atoms with Gasteiger partial charge in [-0.15, -0.1) is 0 Å². The van der Waals surface area contributed by atoms with E-state index in [0.717, 1.165) is 11.1 Å². The second kappa shape index (κ2) is 4.92. The van der Waals surface area contributed by atoms with Crippen molar-refractivity contribution in [2.24, 2.45) is 0 Å². The monoisotopic (exact) mass is 258 g/mol. The van der Waals surface area contributed by atoms with Crippen molar-refractivity contribution in [2.75, 3.05) is 7.11 Å². The number of halogens is 2. The van der Waals surface area contributed by atoms with Crippen molar-refractivity contribution in [3.63, 3.8) is 0 Å². The Morgan fingerprint density at radius 3 is 2.33 bits per heavy atom. The van der Waals surface area contributed by atoms with Gasteiger partial charge in [-0.05, 0) is 37.5 Å². The van der Waals surface area contributed by atoms with Crippen LogP contribution in [0.2, 0.25) is 0 Å². The van der Waals surface area contributed by atoms with E-state index >= 15 is 0 Å². The van der Waals surface area contributed by atoms with Crippen LogP contribution in [0.25, 0.3) is 0 Å². The average Bonchev–Trinajstić information content (AvgIpc) is 2.26. The third kappa shape index (κ3) is 2.60. The first-order valence-corrected chi connectivity index (χ1v) is 5.45. The van der Waals surface area contributed by atoms with Crippen molar-refractivity contribution in [3.8, 4) is 5.75 Å². The van der Waals surface area contributed by atoms with Gasteiger partial charge < -0.3 is 9.84 Å². The zero-order valence-electron chi connectivity index (χ0n) is 10.8. The second-order valence-electron chi connectivity index (χ2n) is 4.33. The minimum atomic E-state index is -3.79. The van der Waals surface area contributed by atoms with E-state index in [4.69, 9.17) is 9.84 Å². The zero-order valence-corrected chi connectivity index (χ0v) is 10.8. The molecule has 1 rings (SSSR count). The van der Waals surface area contributed by atoms with Gasteiger partial charge in [0.2, 0.25) is 0 Å². The largest absolute Gasteiger partial charge is 0.496 e. The maximum Gasteiger partial charge on any atom is 0.374 e.